The van der Waals surface area contributed by atoms with Gasteiger partial charge >= 0.3 is 0 Å². The van der Waals surface area contributed by atoms with Crippen molar-refractivity contribution in [2.45, 2.75) is 26.0 Å². The molecule has 0 spiro atoms. The van der Waals surface area contributed by atoms with Gasteiger partial charge in [0, 0.05) is 42.2 Å². The third-order valence-electron chi connectivity index (χ3n) is 3.98. The normalized spacial score (nSPS) is 12.7. The summed E-state index contributed by atoms with van der Waals surface area (Å²) in [6.45, 7) is 2.71. The number of para-hydroxylation sites is 1. The van der Waals surface area contributed by atoms with Crippen molar-refractivity contribution in [2.24, 2.45) is 7.05 Å². The van der Waals surface area contributed by atoms with E-state index in [4.69, 9.17) is 0 Å². The molecule has 108 valence electrons. The van der Waals surface area contributed by atoms with E-state index in [1.165, 1.54) is 16.5 Å². The van der Waals surface area contributed by atoms with Crippen LogP contribution >= 0.6 is 0 Å². The number of fused-ring (bicyclic) bond motifs is 1. The molecule has 2 heterocycles. The Kier molecular flexibility index (Phi) is 3.76. The Morgan fingerprint density at radius 2 is 2.00 bits per heavy atom. The smallest absolute Gasteiger partial charge is 0.174 e. The molecule has 0 fully saturated rings. The van der Waals surface area contributed by atoms with E-state index < -0.39 is 6.10 Å². The van der Waals surface area contributed by atoms with Gasteiger partial charge in [0.25, 0.3) is 0 Å². The fraction of sp³-hybridized carbons (Fsp3) is 0.278. The number of pyridine rings is 1. The lowest BCUT2D eigenvalue weighted by molar-refractivity contribution is -0.697. The number of aryl methyl sites for hydroxylation is 3. The number of aromatic nitrogens is 2. The van der Waals surface area contributed by atoms with Gasteiger partial charge in [-0.15, -0.1) is 0 Å². The van der Waals surface area contributed by atoms with Gasteiger partial charge in [0.15, 0.2) is 18.9 Å². The fourth-order valence-corrected chi connectivity index (χ4v) is 2.80. The van der Waals surface area contributed by atoms with Gasteiger partial charge in [-0.25, -0.2) is 4.57 Å². The van der Waals surface area contributed by atoms with Crippen molar-refractivity contribution in [3.63, 3.8) is 0 Å². The van der Waals surface area contributed by atoms with Crippen LogP contribution in [0.5, 0.6) is 0 Å². The van der Waals surface area contributed by atoms with Crippen LogP contribution in [0.15, 0.2) is 55.0 Å². The number of aliphatic hydroxyl groups excluding tert-OH is 1. The fourth-order valence-electron chi connectivity index (χ4n) is 2.80. The van der Waals surface area contributed by atoms with E-state index in [2.05, 4.69) is 52.8 Å². The molecular weight excluding hydrogens is 260 g/mol. The summed E-state index contributed by atoms with van der Waals surface area (Å²) in [6.07, 6.45) is 6.85. The maximum Gasteiger partial charge on any atom is 0.174 e. The molecule has 0 bridgehead atoms. The molecule has 0 amide bonds. The average molecular weight is 281 g/mol. The zero-order valence-corrected chi connectivity index (χ0v) is 12.5. The van der Waals surface area contributed by atoms with Gasteiger partial charge in [-0.3, -0.25) is 0 Å². The summed E-state index contributed by atoms with van der Waals surface area (Å²) in [5.41, 5.74) is 3.59. The van der Waals surface area contributed by atoms with Crippen molar-refractivity contribution in [1.29, 1.82) is 0 Å². The predicted molar refractivity (Wildman–Crippen MR) is 83.9 cm³/mol. The van der Waals surface area contributed by atoms with E-state index in [-0.39, 0.29) is 0 Å². The monoisotopic (exact) mass is 281 g/mol. The molecule has 1 aromatic carbocycles. The quantitative estimate of drug-likeness (QED) is 0.732. The average Bonchev–Trinajstić information content (AvgIpc) is 2.82. The van der Waals surface area contributed by atoms with Crippen molar-refractivity contribution in [3.05, 3.63) is 66.1 Å². The van der Waals surface area contributed by atoms with Crippen LogP contribution in [0.1, 0.15) is 24.2 Å². The Bertz CT molecular complexity index is 759. The zero-order chi connectivity index (χ0) is 14.8. The van der Waals surface area contributed by atoms with E-state index in [1.54, 1.807) is 6.92 Å². The summed E-state index contributed by atoms with van der Waals surface area (Å²) in [5.74, 6) is 0. The van der Waals surface area contributed by atoms with Gasteiger partial charge in [-0.2, -0.15) is 0 Å². The van der Waals surface area contributed by atoms with E-state index >= 15 is 0 Å². The Hall–Kier alpha value is -2.13. The number of hydrogen-bond donors (Lipinski definition) is 1. The van der Waals surface area contributed by atoms with Crippen molar-refractivity contribution in [1.82, 2.24) is 4.57 Å². The van der Waals surface area contributed by atoms with Crippen LogP contribution in [-0.2, 0) is 20.0 Å². The van der Waals surface area contributed by atoms with Crippen LogP contribution < -0.4 is 4.57 Å². The van der Waals surface area contributed by atoms with E-state index in [1.807, 2.05) is 18.3 Å². The lowest BCUT2D eigenvalue weighted by Crippen LogP contribution is -2.34. The molecule has 0 saturated carbocycles. The van der Waals surface area contributed by atoms with Gasteiger partial charge < -0.3 is 9.67 Å². The topological polar surface area (TPSA) is 29.0 Å². The Morgan fingerprint density at radius 3 is 2.81 bits per heavy atom. The van der Waals surface area contributed by atoms with Crippen LogP contribution in [0.25, 0.3) is 10.9 Å². The molecule has 2 aromatic heterocycles. The van der Waals surface area contributed by atoms with Crippen LogP contribution in [-0.4, -0.2) is 9.67 Å². The van der Waals surface area contributed by atoms with Crippen LogP contribution in [0.2, 0.25) is 0 Å². The summed E-state index contributed by atoms with van der Waals surface area (Å²) in [7, 11) is 2.09. The Labute approximate surface area is 125 Å². The van der Waals surface area contributed by atoms with E-state index in [9.17, 15) is 5.11 Å². The van der Waals surface area contributed by atoms with Gasteiger partial charge in [0.1, 0.15) is 0 Å². The molecule has 1 unspecified atom stereocenters. The number of rotatable bonds is 4. The third kappa shape index (κ3) is 2.83. The molecule has 3 rings (SSSR count). The predicted octanol–water partition coefficient (Wildman–Crippen LogP) is 2.76. The molecule has 1 N–H and O–H groups in total. The first-order valence-corrected chi connectivity index (χ1v) is 7.35. The Morgan fingerprint density at radius 1 is 1.19 bits per heavy atom. The second-order valence-corrected chi connectivity index (χ2v) is 5.58. The van der Waals surface area contributed by atoms with E-state index in [0.29, 0.717) is 0 Å². The standard InChI is InChI=1S/C18H21N2O/c1-14(21)15-6-5-10-20(13-15)11-9-16-12-19(2)18-8-4-3-7-17(16)18/h3-8,10,12-14,21H,9,11H2,1-2H3/q+1. The molecule has 3 aromatic rings. The van der Waals surface area contributed by atoms with Crippen molar-refractivity contribution < 1.29 is 9.67 Å². The molecule has 0 aliphatic carbocycles. The second-order valence-electron chi connectivity index (χ2n) is 5.58. The summed E-state index contributed by atoms with van der Waals surface area (Å²) < 4.78 is 4.32. The lowest BCUT2D eigenvalue weighted by atomic mass is 10.1. The molecule has 3 nitrogen and oxygen atoms in total. The first kappa shape index (κ1) is 13.8. The lowest BCUT2D eigenvalue weighted by Gasteiger charge is -2.03. The molecule has 1 atom stereocenters. The minimum Gasteiger partial charge on any atom is -0.388 e. The summed E-state index contributed by atoms with van der Waals surface area (Å²) >= 11 is 0. The SMILES string of the molecule is CC(O)c1ccc[n+](CCc2cn(C)c3ccccc23)c1. The molecule has 0 radical (unpaired) electrons. The summed E-state index contributed by atoms with van der Waals surface area (Å²) in [4.78, 5) is 0. The maximum absolute atomic E-state index is 9.66. The molecule has 0 aliphatic heterocycles. The first-order chi connectivity index (χ1) is 10.1. The number of aliphatic hydroxyl groups is 1. The molecular formula is C18H21N2O+. The minimum atomic E-state index is -0.421. The van der Waals surface area contributed by atoms with E-state index in [0.717, 1.165) is 18.5 Å². The zero-order valence-electron chi connectivity index (χ0n) is 12.5. The minimum absolute atomic E-state index is 0.421. The highest BCUT2D eigenvalue weighted by Gasteiger charge is 2.10. The van der Waals surface area contributed by atoms with Gasteiger partial charge in [0.2, 0.25) is 0 Å². The first-order valence-electron chi connectivity index (χ1n) is 7.35. The highest BCUT2D eigenvalue weighted by molar-refractivity contribution is 5.83. The van der Waals surface area contributed by atoms with Crippen LogP contribution in [0.4, 0.5) is 0 Å². The number of nitrogens with zero attached hydrogens (tertiary/aromatic N) is 2. The van der Waals surface area contributed by atoms with Crippen LogP contribution in [0, 0.1) is 0 Å². The van der Waals surface area contributed by atoms with Crippen molar-refractivity contribution in [3.8, 4) is 0 Å². The molecule has 21 heavy (non-hydrogen) atoms. The summed E-state index contributed by atoms with van der Waals surface area (Å²) in [5, 5.41) is 11.0. The van der Waals surface area contributed by atoms with Crippen molar-refractivity contribution in [2.75, 3.05) is 0 Å². The highest BCUT2D eigenvalue weighted by atomic mass is 16.3. The highest BCUT2D eigenvalue weighted by Crippen LogP contribution is 2.20. The summed E-state index contributed by atoms with van der Waals surface area (Å²) in [6, 6.07) is 12.5. The third-order valence-corrected chi connectivity index (χ3v) is 3.98. The van der Waals surface area contributed by atoms with Gasteiger partial charge in [-0.1, -0.05) is 18.2 Å². The largest absolute Gasteiger partial charge is 0.388 e. The van der Waals surface area contributed by atoms with Gasteiger partial charge in [0.05, 0.1) is 6.10 Å². The molecule has 0 aliphatic rings. The molecule has 0 saturated heterocycles. The maximum atomic E-state index is 9.66. The number of hydrogen-bond acceptors (Lipinski definition) is 1. The number of benzene rings is 1. The van der Waals surface area contributed by atoms with Crippen molar-refractivity contribution >= 4 is 10.9 Å². The van der Waals surface area contributed by atoms with Gasteiger partial charge in [-0.05, 0) is 24.6 Å². The molecule has 3 heteroatoms. The Balaban J connectivity index is 1.82. The second kappa shape index (κ2) is 5.70. The van der Waals surface area contributed by atoms with Crippen LogP contribution in [0.3, 0.4) is 0 Å².